The Morgan fingerprint density at radius 1 is 1.17 bits per heavy atom. The summed E-state index contributed by atoms with van der Waals surface area (Å²) in [6.07, 6.45) is 0. The molecule has 0 aliphatic carbocycles. The SMILES string of the molecule is CC(C(=O)NC(=O)Nc1ccc2c(c1)OCCO2)N1CCNCC1. The van der Waals surface area contributed by atoms with Crippen molar-refractivity contribution in [2.75, 3.05) is 44.7 Å². The van der Waals surface area contributed by atoms with E-state index in [0.29, 0.717) is 30.4 Å². The fourth-order valence-corrected chi connectivity index (χ4v) is 2.74. The van der Waals surface area contributed by atoms with Crippen LogP contribution in [0.4, 0.5) is 10.5 Å². The molecule has 0 spiro atoms. The molecule has 1 fully saturated rings. The summed E-state index contributed by atoms with van der Waals surface area (Å²) in [4.78, 5) is 26.3. The maximum atomic E-state index is 12.2. The number of carbonyl (C=O) groups excluding carboxylic acids is 2. The van der Waals surface area contributed by atoms with Crippen molar-refractivity contribution in [2.24, 2.45) is 0 Å². The minimum absolute atomic E-state index is 0.313. The van der Waals surface area contributed by atoms with Gasteiger partial charge in [0.25, 0.3) is 0 Å². The van der Waals surface area contributed by atoms with Gasteiger partial charge in [-0.3, -0.25) is 15.0 Å². The third kappa shape index (κ3) is 3.95. The van der Waals surface area contributed by atoms with Gasteiger partial charge in [0.1, 0.15) is 13.2 Å². The predicted octanol–water partition coefficient (Wildman–Crippen LogP) is 0.400. The number of nitrogens with one attached hydrogen (secondary N) is 3. The second-order valence-corrected chi connectivity index (χ2v) is 5.76. The number of imide groups is 1. The summed E-state index contributed by atoms with van der Waals surface area (Å²) in [6, 6.07) is 4.21. The lowest BCUT2D eigenvalue weighted by molar-refractivity contribution is -0.124. The molecule has 1 aromatic rings. The molecule has 8 nitrogen and oxygen atoms in total. The smallest absolute Gasteiger partial charge is 0.325 e. The molecule has 2 heterocycles. The zero-order valence-corrected chi connectivity index (χ0v) is 13.6. The van der Waals surface area contributed by atoms with E-state index in [-0.39, 0.29) is 11.9 Å². The van der Waals surface area contributed by atoms with Gasteiger partial charge in [-0.05, 0) is 19.1 Å². The lowest BCUT2D eigenvalue weighted by Gasteiger charge is -2.31. The Morgan fingerprint density at radius 2 is 1.88 bits per heavy atom. The van der Waals surface area contributed by atoms with Gasteiger partial charge in [-0.15, -0.1) is 0 Å². The van der Waals surface area contributed by atoms with E-state index in [2.05, 4.69) is 16.0 Å². The topological polar surface area (TPSA) is 91.9 Å². The number of benzene rings is 1. The molecule has 0 saturated carbocycles. The Balaban J connectivity index is 1.54. The van der Waals surface area contributed by atoms with Gasteiger partial charge in [-0.2, -0.15) is 0 Å². The van der Waals surface area contributed by atoms with E-state index in [1.165, 1.54) is 0 Å². The predicted molar refractivity (Wildman–Crippen MR) is 88.5 cm³/mol. The zero-order valence-electron chi connectivity index (χ0n) is 13.6. The van der Waals surface area contributed by atoms with Gasteiger partial charge in [0, 0.05) is 37.9 Å². The van der Waals surface area contributed by atoms with Gasteiger partial charge in [0.2, 0.25) is 5.91 Å². The zero-order chi connectivity index (χ0) is 16.9. The first-order valence-corrected chi connectivity index (χ1v) is 8.10. The molecule has 3 rings (SSSR count). The third-order valence-corrected chi connectivity index (χ3v) is 4.12. The molecular formula is C16H22N4O4. The second-order valence-electron chi connectivity index (χ2n) is 5.76. The number of carbonyl (C=O) groups is 2. The summed E-state index contributed by atoms with van der Waals surface area (Å²) in [7, 11) is 0. The van der Waals surface area contributed by atoms with Gasteiger partial charge in [0.15, 0.2) is 11.5 Å². The Labute approximate surface area is 140 Å². The van der Waals surface area contributed by atoms with Crippen molar-refractivity contribution in [1.82, 2.24) is 15.5 Å². The van der Waals surface area contributed by atoms with E-state index >= 15 is 0 Å². The molecule has 0 radical (unpaired) electrons. The van der Waals surface area contributed by atoms with Crippen LogP contribution in [0.1, 0.15) is 6.92 Å². The molecule has 24 heavy (non-hydrogen) atoms. The maximum absolute atomic E-state index is 12.2. The van der Waals surface area contributed by atoms with Crippen LogP contribution in [0.3, 0.4) is 0 Å². The van der Waals surface area contributed by atoms with Gasteiger partial charge < -0.3 is 20.1 Å². The monoisotopic (exact) mass is 334 g/mol. The summed E-state index contributed by atoms with van der Waals surface area (Å²) in [5, 5.41) is 8.26. The molecule has 3 N–H and O–H groups in total. The van der Waals surface area contributed by atoms with Crippen LogP contribution < -0.4 is 25.4 Å². The minimum atomic E-state index is -0.557. The van der Waals surface area contributed by atoms with Crippen LogP contribution in [0, 0.1) is 0 Å². The molecule has 0 bridgehead atoms. The molecule has 0 aromatic heterocycles. The molecule has 8 heteroatoms. The van der Waals surface area contributed by atoms with E-state index in [9.17, 15) is 9.59 Å². The maximum Gasteiger partial charge on any atom is 0.325 e. The third-order valence-electron chi connectivity index (χ3n) is 4.12. The summed E-state index contributed by atoms with van der Waals surface area (Å²) < 4.78 is 10.9. The van der Waals surface area contributed by atoms with Crippen LogP contribution in [0.5, 0.6) is 11.5 Å². The van der Waals surface area contributed by atoms with E-state index in [1.807, 2.05) is 4.90 Å². The lowest BCUT2D eigenvalue weighted by Crippen LogP contribution is -2.53. The van der Waals surface area contributed by atoms with Crippen LogP contribution in [0.15, 0.2) is 18.2 Å². The number of hydrogen-bond acceptors (Lipinski definition) is 6. The molecule has 1 atom stereocenters. The van der Waals surface area contributed by atoms with Crippen LogP contribution in [-0.2, 0) is 4.79 Å². The molecule has 2 aliphatic heterocycles. The molecule has 130 valence electrons. The van der Waals surface area contributed by atoms with Crippen molar-refractivity contribution in [3.05, 3.63) is 18.2 Å². The van der Waals surface area contributed by atoms with Crippen LogP contribution in [-0.4, -0.2) is 62.3 Å². The quantitative estimate of drug-likeness (QED) is 0.741. The number of ether oxygens (including phenoxy) is 2. The van der Waals surface area contributed by atoms with Gasteiger partial charge in [-0.25, -0.2) is 4.79 Å². The number of amides is 3. The van der Waals surface area contributed by atoms with Gasteiger partial charge in [-0.1, -0.05) is 0 Å². The number of urea groups is 1. The van der Waals surface area contributed by atoms with E-state index in [4.69, 9.17) is 9.47 Å². The second kappa shape index (κ2) is 7.50. The summed E-state index contributed by atoms with van der Waals surface area (Å²) in [5.74, 6) is 0.919. The number of anilines is 1. The molecule has 1 saturated heterocycles. The van der Waals surface area contributed by atoms with Crippen molar-refractivity contribution >= 4 is 17.6 Å². The van der Waals surface area contributed by atoms with Gasteiger partial charge in [0.05, 0.1) is 6.04 Å². The van der Waals surface area contributed by atoms with Crippen molar-refractivity contribution in [1.29, 1.82) is 0 Å². The van der Waals surface area contributed by atoms with Gasteiger partial charge >= 0.3 is 6.03 Å². The van der Waals surface area contributed by atoms with Crippen molar-refractivity contribution in [3.8, 4) is 11.5 Å². The fraction of sp³-hybridized carbons (Fsp3) is 0.500. The highest BCUT2D eigenvalue weighted by Gasteiger charge is 2.24. The summed E-state index contributed by atoms with van der Waals surface area (Å²) in [6.45, 7) is 6.07. The average Bonchev–Trinajstić information content (AvgIpc) is 2.61. The number of nitrogens with zero attached hydrogens (tertiary/aromatic N) is 1. The normalized spacial score (nSPS) is 18.5. The standard InChI is InChI=1S/C16H22N4O4/c1-11(20-6-4-17-5-7-20)15(21)19-16(22)18-12-2-3-13-14(10-12)24-9-8-23-13/h2-3,10-11,17H,4-9H2,1H3,(H2,18,19,21,22). The van der Waals surface area contributed by atoms with Crippen LogP contribution in [0.2, 0.25) is 0 Å². The summed E-state index contributed by atoms with van der Waals surface area (Å²) >= 11 is 0. The minimum Gasteiger partial charge on any atom is -0.486 e. The first-order chi connectivity index (χ1) is 11.6. The number of hydrogen-bond donors (Lipinski definition) is 3. The number of fused-ring (bicyclic) bond motifs is 1. The first kappa shape index (κ1) is 16.5. The number of rotatable bonds is 3. The average molecular weight is 334 g/mol. The first-order valence-electron chi connectivity index (χ1n) is 8.10. The highest BCUT2D eigenvalue weighted by molar-refractivity contribution is 6.02. The largest absolute Gasteiger partial charge is 0.486 e. The van der Waals surface area contributed by atoms with Crippen LogP contribution >= 0.6 is 0 Å². The highest BCUT2D eigenvalue weighted by atomic mass is 16.6. The number of piperazine rings is 1. The molecule has 1 unspecified atom stereocenters. The molecule has 2 aliphatic rings. The Hall–Kier alpha value is -2.32. The Morgan fingerprint density at radius 3 is 2.62 bits per heavy atom. The van der Waals surface area contributed by atoms with E-state index in [1.54, 1.807) is 25.1 Å². The molecule has 1 aromatic carbocycles. The highest BCUT2D eigenvalue weighted by Crippen LogP contribution is 2.32. The Bertz CT molecular complexity index is 616. The van der Waals surface area contributed by atoms with Crippen molar-refractivity contribution < 1.29 is 19.1 Å². The Kier molecular flexibility index (Phi) is 5.17. The molecular weight excluding hydrogens is 312 g/mol. The summed E-state index contributed by atoms with van der Waals surface area (Å²) in [5.41, 5.74) is 0.541. The molecule has 3 amide bonds. The van der Waals surface area contributed by atoms with E-state index < -0.39 is 6.03 Å². The van der Waals surface area contributed by atoms with Crippen molar-refractivity contribution in [3.63, 3.8) is 0 Å². The van der Waals surface area contributed by atoms with Crippen molar-refractivity contribution in [2.45, 2.75) is 13.0 Å². The van der Waals surface area contributed by atoms with E-state index in [0.717, 1.165) is 26.2 Å². The lowest BCUT2D eigenvalue weighted by atomic mass is 10.2. The fourth-order valence-electron chi connectivity index (χ4n) is 2.74. The van der Waals surface area contributed by atoms with Crippen LogP contribution in [0.25, 0.3) is 0 Å².